The normalized spacial score (nSPS) is 11.7. The van der Waals surface area contributed by atoms with Crippen molar-refractivity contribution in [2.75, 3.05) is 4.72 Å². The van der Waals surface area contributed by atoms with Crippen LogP contribution in [0.1, 0.15) is 0 Å². The predicted octanol–water partition coefficient (Wildman–Crippen LogP) is 3.80. The van der Waals surface area contributed by atoms with E-state index in [1.54, 1.807) is 17.6 Å². The van der Waals surface area contributed by atoms with Gasteiger partial charge in [-0.1, -0.05) is 23.2 Å². The Kier molecular flexibility index (Phi) is 3.75. The highest BCUT2D eigenvalue weighted by Gasteiger charge is 2.19. The van der Waals surface area contributed by atoms with Crippen LogP contribution < -0.4 is 4.72 Å². The van der Waals surface area contributed by atoms with E-state index in [0.717, 1.165) is 4.70 Å². The van der Waals surface area contributed by atoms with E-state index in [1.165, 1.54) is 29.7 Å². The van der Waals surface area contributed by atoms with Gasteiger partial charge in [-0.05, 0) is 24.3 Å². The van der Waals surface area contributed by atoms with Crippen molar-refractivity contribution in [2.24, 2.45) is 0 Å². The fraction of sp³-hybridized carbons (Fsp3) is 0. The van der Waals surface area contributed by atoms with Crippen LogP contribution in [0.25, 0.3) is 10.2 Å². The summed E-state index contributed by atoms with van der Waals surface area (Å²) in [7, 11) is -3.81. The third-order valence-electron chi connectivity index (χ3n) is 2.70. The predicted molar refractivity (Wildman–Crippen MR) is 84.7 cm³/mol. The number of pyridine rings is 1. The Balaban J connectivity index is 2.07. The molecule has 0 aliphatic rings. The second-order valence-corrected chi connectivity index (χ2v) is 7.41. The average molecular weight is 360 g/mol. The first-order valence-corrected chi connectivity index (χ1v) is 8.75. The second kappa shape index (κ2) is 5.42. The lowest BCUT2D eigenvalue weighted by molar-refractivity contribution is 0.601. The van der Waals surface area contributed by atoms with E-state index in [9.17, 15) is 8.42 Å². The molecule has 0 saturated carbocycles. The number of fused-ring (bicyclic) bond motifs is 1. The van der Waals surface area contributed by atoms with Crippen LogP contribution in [0.15, 0.2) is 40.9 Å². The van der Waals surface area contributed by atoms with Gasteiger partial charge < -0.3 is 0 Å². The van der Waals surface area contributed by atoms with Crippen molar-refractivity contribution in [2.45, 2.75) is 4.90 Å². The summed E-state index contributed by atoms with van der Waals surface area (Å²) in [5.74, 6) is 0. The molecular formula is C12H7Cl2N3O2S2. The first-order chi connectivity index (χ1) is 9.97. The Bertz CT molecular complexity index is 908. The number of anilines is 1. The molecule has 0 unspecified atom stereocenters. The minimum atomic E-state index is -3.81. The quantitative estimate of drug-likeness (QED) is 0.721. The maximum Gasteiger partial charge on any atom is 0.263 e. The minimum Gasteiger partial charge on any atom is -0.276 e. The molecule has 0 spiro atoms. The van der Waals surface area contributed by atoms with Gasteiger partial charge in [0.15, 0.2) is 0 Å². The Hall–Kier alpha value is -1.41. The lowest BCUT2D eigenvalue weighted by Crippen LogP contribution is -2.13. The van der Waals surface area contributed by atoms with Crippen LogP contribution in [0.4, 0.5) is 5.69 Å². The molecule has 2 aromatic heterocycles. The molecule has 0 saturated heterocycles. The van der Waals surface area contributed by atoms with Gasteiger partial charge in [-0.25, -0.2) is 18.4 Å². The molecule has 0 aliphatic heterocycles. The summed E-state index contributed by atoms with van der Waals surface area (Å²) in [6, 6.07) is 6.19. The molecule has 5 nitrogen and oxygen atoms in total. The number of sulfonamides is 1. The number of benzene rings is 1. The van der Waals surface area contributed by atoms with Gasteiger partial charge in [0.2, 0.25) is 0 Å². The van der Waals surface area contributed by atoms with Gasteiger partial charge in [0.1, 0.15) is 15.6 Å². The largest absolute Gasteiger partial charge is 0.276 e. The Morgan fingerprint density at radius 2 is 1.90 bits per heavy atom. The molecule has 0 atom stereocenters. The molecule has 0 bridgehead atoms. The third kappa shape index (κ3) is 2.82. The number of thiazole rings is 1. The number of rotatable bonds is 3. The molecule has 2 heterocycles. The van der Waals surface area contributed by atoms with Crippen molar-refractivity contribution >= 4 is 60.5 Å². The van der Waals surface area contributed by atoms with Crippen molar-refractivity contribution in [3.63, 3.8) is 0 Å². The molecule has 9 heteroatoms. The van der Waals surface area contributed by atoms with Gasteiger partial charge in [0.25, 0.3) is 10.0 Å². The van der Waals surface area contributed by atoms with Gasteiger partial charge in [0, 0.05) is 6.20 Å². The summed E-state index contributed by atoms with van der Waals surface area (Å²) in [6.07, 6.45) is 1.18. The molecule has 0 amide bonds. The van der Waals surface area contributed by atoms with E-state index in [-0.39, 0.29) is 20.8 Å². The van der Waals surface area contributed by atoms with Crippen LogP contribution in [-0.4, -0.2) is 18.4 Å². The molecule has 1 N–H and O–H groups in total. The monoisotopic (exact) mass is 359 g/mol. The van der Waals surface area contributed by atoms with Crippen molar-refractivity contribution in [1.82, 2.24) is 9.97 Å². The van der Waals surface area contributed by atoms with E-state index >= 15 is 0 Å². The zero-order valence-electron chi connectivity index (χ0n) is 10.2. The molecule has 108 valence electrons. The average Bonchev–Trinajstić information content (AvgIpc) is 2.91. The number of hydrogen-bond acceptors (Lipinski definition) is 5. The van der Waals surface area contributed by atoms with Crippen molar-refractivity contribution in [1.29, 1.82) is 0 Å². The fourth-order valence-electron chi connectivity index (χ4n) is 1.72. The first-order valence-electron chi connectivity index (χ1n) is 5.63. The maximum absolute atomic E-state index is 12.4. The number of nitrogens with one attached hydrogen (secondary N) is 1. The Morgan fingerprint density at radius 1 is 1.10 bits per heavy atom. The lowest BCUT2D eigenvalue weighted by atomic mass is 10.3. The first kappa shape index (κ1) is 14.5. The lowest BCUT2D eigenvalue weighted by Gasteiger charge is -2.10. The van der Waals surface area contributed by atoms with Crippen LogP contribution in [0.5, 0.6) is 0 Å². The topological polar surface area (TPSA) is 72.0 Å². The highest BCUT2D eigenvalue weighted by Crippen LogP contribution is 2.33. The van der Waals surface area contributed by atoms with Crippen molar-refractivity contribution in [3.8, 4) is 0 Å². The SMILES string of the molecule is O=S(=O)(Nc1c(Cl)ccc2scnc12)c1ccc(Cl)nc1. The molecule has 0 fully saturated rings. The van der Waals surface area contributed by atoms with E-state index in [1.807, 2.05) is 0 Å². The number of halogens is 2. The van der Waals surface area contributed by atoms with Gasteiger partial charge in [-0.15, -0.1) is 11.3 Å². The van der Waals surface area contributed by atoms with Gasteiger partial charge in [0.05, 0.1) is 20.9 Å². The summed E-state index contributed by atoms with van der Waals surface area (Å²) >= 11 is 13.1. The van der Waals surface area contributed by atoms with Crippen LogP contribution in [0, 0.1) is 0 Å². The highest BCUT2D eigenvalue weighted by molar-refractivity contribution is 7.92. The second-order valence-electron chi connectivity index (χ2n) is 4.04. The molecule has 0 aliphatic carbocycles. The molecular weight excluding hydrogens is 353 g/mol. The summed E-state index contributed by atoms with van der Waals surface area (Å²) < 4.78 is 28.0. The third-order valence-corrected chi connectivity index (χ3v) is 5.37. The van der Waals surface area contributed by atoms with Crippen LogP contribution >= 0.6 is 34.5 Å². The summed E-state index contributed by atoms with van der Waals surface area (Å²) in [6.45, 7) is 0. The molecule has 0 radical (unpaired) electrons. The van der Waals surface area contributed by atoms with Gasteiger partial charge >= 0.3 is 0 Å². The van der Waals surface area contributed by atoms with E-state index in [0.29, 0.717) is 5.52 Å². The van der Waals surface area contributed by atoms with Crippen molar-refractivity contribution in [3.05, 3.63) is 46.1 Å². The summed E-state index contributed by atoms with van der Waals surface area (Å²) in [5.41, 5.74) is 2.39. The number of nitrogens with zero attached hydrogens (tertiary/aromatic N) is 2. The summed E-state index contributed by atoms with van der Waals surface area (Å²) in [5, 5.41) is 0.493. The highest BCUT2D eigenvalue weighted by atomic mass is 35.5. The molecule has 21 heavy (non-hydrogen) atoms. The van der Waals surface area contributed by atoms with Gasteiger partial charge in [-0.2, -0.15) is 0 Å². The fourth-order valence-corrected chi connectivity index (χ4v) is 3.80. The molecule has 1 aromatic carbocycles. The van der Waals surface area contributed by atoms with Crippen LogP contribution in [0.3, 0.4) is 0 Å². The standard InChI is InChI=1S/C12H7Cl2N3O2S2/c13-8-2-3-9-12(16-6-20-9)11(8)17-21(18,19)7-1-4-10(14)15-5-7/h1-6,17H. The number of aromatic nitrogens is 2. The summed E-state index contributed by atoms with van der Waals surface area (Å²) in [4.78, 5) is 7.90. The maximum atomic E-state index is 12.4. The molecule has 3 rings (SSSR count). The Morgan fingerprint density at radius 3 is 2.62 bits per heavy atom. The van der Waals surface area contributed by atoms with E-state index in [2.05, 4.69) is 14.7 Å². The zero-order valence-corrected chi connectivity index (χ0v) is 13.4. The van der Waals surface area contributed by atoms with Crippen LogP contribution in [0.2, 0.25) is 10.2 Å². The minimum absolute atomic E-state index is 0.00445. The van der Waals surface area contributed by atoms with Crippen molar-refractivity contribution < 1.29 is 8.42 Å². The van der Waals surface area contributed by atoms with Crippen LogP contribution in [-0.2, 0) is 10.0 Å². The van der Waals surface area contributed by atoms with E-state index < -0.39 is 10.0 Å². The Labute approximate surface area is 134 Å². The smallest absolute Gasteiger partial charge is 0.263 e. The van der Waals surface area contributed by atoms with Gasteiger partial charge in [-0.3, -0.25) is 4.72 Å². The number of hydrogen-bond donors (Lipinski definition) is 1. The van der Waals surface area contributed by atoms with E-state index in [4.69, 9.17) is 23.2 Å². The molecule has 3 aromatic rings. The zero-order chi connectivity index (χ0) is 15.0.